The summed E-state index contributed by atoms with van der Waals surface area (Å²) in [4.78, 5) is 8.41. The fourth-order valence-electron chi connectivity index (χ4n) is 2.01. The van der Waals surface area contributed by atoms with Gasteiger partial charge in [-0.15, -0.1) is 0 Å². The molecular formula is C16H9N5O. The van der Waals surface area contributed by atoms with Crippen LogP contribution in [-0.4, -0.2) is 15.1 Å². The summed E-state index contributed by atoms with van der Waals surface area (Å²) >= 11 is 0. The Kier molecular flexibility index (Phi) is 3.35. The van der Waals surface area contributed by atoms with Crippen LogP contribution in [-0.2, 0) is 0 Å². The second-order valence-electron chi connectivity index (χ2n) is 4.67. The smallest absolute Gasteiger partial charge is 0.258 e. The van der Waals surface area contributed by atoms with Gasteiger partial charge in [0.2, 0.25) is 5.82 Å². The number of aryl methyl sites for hydroxylation is 1. The Hall–Kier alpha value is -3.51. The predicted octanol–water partition coefficient (Wildman–Crippen LogP) is 2.85. The quantitative estimate of drug-likeness (QED) is 0.718. The fraction of sp³-hybridized carbons (Fsp3) is 0.0625. The summed E-state index contributed by atoms with van der Waals surface area (Å²) in [6, 6.07) is 12.7. The molecule has 2 aromatic heterocycles. The predicted molar refractivity (Wildman–Crippen MR) is 77.1 cm³/mol. The van der Waals surface area contributed by atoms with Gasteiger partial charge in [0.1, 0.15) is 11.8 Å². The van der Waals surface area contributed by atoms with Crippen molar-refractivity contribution < 1.29 is 4.52 Å². The summed E-state index contributed by atoms with van der Waals surface area (Å²) in [5.41, 5.74) is 3.13. The zero-order valence-corrected chi connectivity index (χ0v) is 11.6. The van der Waals surface area contributed by atoms with Crippen molar-refractivity contribution in [1.29, 1.82) is 10.5 Å². The number of pyridine rings is 1. The zero-order chi connectivity index (χ0) is 15.5. The average molecular weight is 287 g/mol. The number of hydrogen-bond donors (Lipinski definition) is 0. The Morgan fingerprint density at radius 2 is 1.86 bits per heavy atom. The molecule has 0 saturated carbocycles. The lowest BCUT2D eigenvalue weighted by molar-refractivity contribution is 0.432. The molecule has 6 heteroatoms. The van der Waals surface area contributed by atoms with Crippen molar-refractivity contribution >= 4 is 0 Å². The molecule has 0 bridgehead atoms. The van der Waals surface area contributed by atoms with Crippen molar-refractivity contribution in [1.82, 2.24) is 15.1 Å². The van der Waals surface area contributed by atoms with Crippen LogP contribution in [0.4, 0.5) is 0 Å². The topological polar surface area (TPSA) is 99.4 Å². The van der Waals surface area contributed by atoms with Crippen LogP contribution < -0.4 is 0 Å². The van der Waals surface area contributed by atoms with Gasteiger partial charge in [-0.3, -0.25) is 4.98 Å². The molecule has 0 fully saturated rings. The second-order valence-corrected chi connectivity index (χ2v) is 4.67. The fourth-order valence-corrected chi connectivity index (χ4v) is 2.01. The van der Waals surface area contributed by atoms with Gasteiger partial charge in [0, 0.05) is 11.8 Å². The van der Waals surface area contributed by atoms with E-state index in [-0.39, 0.29) is 0 Å². The summed E-state index contributed by atoms with van der Waals surface area (Å²) in [5.74, 6) is 0.654. The Bertz CT molecular complexity index is 913. The molecule has 0 aliphatic rings. The first kappa shape index (κ1) is 13.5. The number of hydrogen-bond acceptors (Lipinski definition) is 6. The summed E-state index contributed by atoms with van der Waals surface area (Å²) in [7, 11) is 0. The highest BCUT2D eigenvalue weighted by Gasteiger charge is 2.12. The summed E-state index contributed by atoms with van der Waals surface area (Å²) in [6.45, 7) is 1.89. The third kappa shape index (κ3) is 2.54. The maximum absolute atomic E-state index is 9.01. The van der Waals surface area contributed by atoms with Crippen molar-refractivity contribution in [3.8, 4) is 35.1 Å². The maximum Gasteiger partial charge on any atom is 0.258 e. The van der Waals surface area contributed by atoms with Crippen LogP contribution in [0.2, 0.25) is 0 Å². The van der Waals surface area contributed by atoms with E-state index in [9.17, 15) is 0 Å². The highest BCUT2D eigenvalue weighted by atomic mass is 16.5. The summed E-state index contributed by atoms with van der Waals surface area (Å²) < 4.78 is 5.24. The van der Waals surface area contributed by atoms with Gasteiger partial charge in [0.15, 0.2) is 0 Å². The molecule has 0 aliphatic carbocycles. The van der Waals surface area contributed by atoms with Gasteiger partial charge < -0.3 is 4.52 Å². The minimum Gasteiger partial charge on any atom is -0.334 e. The molecule has 3 rings (SSSR count). The van der Waals surface area contributed by atoms with Crippen LogP contribution in [0.15, 0.2) is 41.1 Å². The normalized spacial score (nSPS) is 9.95. The summed E-state index contributed by atoms with van der Waals surface area (Å²) in [5, 5.41) is 21.7. The standard InChI is InChI=1S/C16H9N5O/c1-10-4-12(8-18)6-13(5-10)16-20-15(21-22-16)14-3-2-11(7-17)9-19-14/h2-6,9H,1H3. The van der Waals surface area contributed by atoms with Crippen LogP contribution >= 0.6 is 0 Å². The molecule has 104 valence electrons. The SMILES string of the molecule is Cc1cc(C#N)cc(-c2nc(-c3ccc(C#N)cn3)no2)c1. The molecule has 0 atom stereocenters. The molecule has 0 saturated heterocycles. The molecule has 3 aromatic rings. The molecule has 0 amide bonds. The number of nitriles is 2. The number of aromatic nitrogens is 3. The van der Waals surface area contributed by atoms with E-state index < -0.39 is 0 Å². The Balaban J connectivity index is 1.98. The Labute approximate surface area is 126 Å². The van der Waals surface area contributed by atoms with Gasteiger partial charge >= 0.3 is 0 Å². The second kappa shape index (κ2) is 5.47. The molecule has 0 N–H and O–H groups in total. The first-order valence-electron chi connectivity index (χ1n) is 6.42. The third-order valence-electron chi connectivity index (χ3n) is 3.00. The molecule has 22 heavy (non-hydrogen) atoms. The Morgan fingerprint density at radius 3 is 2.55 bits per heavy atom. The van der Waals surface area contributed by atoms with Crippen LogP contribution in [0.25, 0.3) is 23.0 Å². The lowest BCUT2D eigenvalue weighted by Crippen LogP contribution is -1.87. The monoisotopic (exact) mass is 287 g/mol. The minimum atomic E-state index is 0.321. The van der Waals surface area contributed by atoms with Gasteiger partial charge in [-0.1, -0.05) is 5.16 Å². The number of nitrogens with zero attached hydrogens (tertiary/aromatic N) is 5. The van der Waals surface area contributed by atoms with E-state index in [1.54, 1.807) is 24.3 Å². The molecule has 0 aliphatic heterocycles. The van der Waals surface area contributed by atoms with Crippen molar-refractivity contribution in [2.24, 2.45) is 0 Å². The van der Waals surface area contributed by atoms with E-state index in [0.29, 0.717) is 34.1 Å². The highest BCUT2D eigenvalue weighted by molar-refractivity contribution is 5.60. The molecular weight excluding hydrogens is 278 g/mol. The van der Waals surface area contributed by atoms with Gasteiger partial charge in [-0.05, 0) is 42.8 Å². The van der Waals surface area contributed by atoms with E-state index >= 15 is 0 Å². The highest BCUT2D eigenvalue weighted by Crippen LogP contribution is 2.23. The first-order valence-corrected chi connectivity index (χ1v) is 6.42. The molecule has 0 spiro atoms. The van der Waals surface area contributed by atoms with E-state index in [1.807, 2.05) is 19.1 Å². The van der Waals surface area contributed by atoms with Crippen molar-refractivity contribution in [3.63, 3.8) is 0 Å². The molecule has 2 heterocycles. The van der Waals surface area contributed by atoms with Gasteiger partial charge in [0.05, 0.1) is 17.2 Å². The van der Waals surface area contributed by atoms with E-state index in [0.717, 1.165) is 5.56 Å². The van der Waals surface area contributed by atoms with Crippen molar-refractivity contribution in [2.75, 3.05) is 0 Å². The molecule has 0 unspecified atom stereocenters. The van der Waals surface area contributed by atoms with Crippen LogP contribution in [0.3, 0.4) is 0 Å². The third-order valence-corrected chi connectivity index (χ3v) is 3.00. The van der Waals surface area contributed by atoms with E-state index in [1.165, 1.54) is 6.20 Å². The van der Waals surface area contributed by atoms with Crippen molar-refractivity contribution in [3.05, 3.63) is 53.2 Å². The van der Waals surface area contributed by atoms with Crippen LogP contribution in [0.5, 0.6) is 0 Å². The van der Waals surface area contributed by atoms with E-state index in [4.69, 9.17) is 15.0 Å². The summed E-state index contributed by atoms with van der Waals surface area (Å²) in [6.07, 6.45) is 1.45. The minimum absolute atomic E-state index is 0.321. The van der Waals surface area contributed by atoms with Crippen LogP contribution in [0, 0.1) is 29.6 Å². The number of rotatable bonds is 2. The number of benzene rings is 1. The average Bonchev–Trinajstić information content (AvgIpc) is 3.04. The van der Waals surface area contributed by atoms with Gasteiger partial charge in [-0.2, -0.15) is 15.5 Å². The first-order chi connectivity index (χ1) is 10.7. The maximum atomic E-state index is 9.01. The van der Waals surface area contributed by atoms with Gasteiger partial charge in [-0.25, -0.2) is 0 Å². The van der Waals surface area contributed by atoms with E-state index in [2.05, 4.69) is 21.2 Å². The molecule has 0 radical (unpaired) electrons. The molecule has 1 aromatic carbocycles. The van der Waals surface area contributed by atoms with Gasteiger partial charge in [0.25, 0.3) is 5.89 Å². The van der Waals surface area contributed by atoms with Crippen LogP contribution in [0.1, 0.15) is 16.7 Å². The lowest BCUT2D eigenvalue weighted by atomic mass is 10.1. The van der Waals surface area contributed by atoms with Crippen molar-refractivity contribution in [2.45, 2.75) is 6.92 Å². The zero-order valence-electron chi connectivity index (χ0n) is 11.6. The largest absolute Gasteiger partial charge is 0.334 e. The Morgan fingerprint density at radius 1 is 1.05 bits per heavy atom. The molecule has 6 nitrogen and oxygen atoms in total. The lowest BCUT2D eigenvalue weighted by Gasteiger charge is -1.98.